The van der Waals surface area contributed by atoms with E-state index >= 15 is 0 Å². The second-order valence-electron chi connectivity index (χ2n) is 6.67. The number of carbonyl (C=O) groups excluding carboxylic acids is 2. The van der Waals surface area contributed by atoms with Gasteiger partial charge in [-0.05, 0) is 38.1 Å². The summed E-state index contributed by atoms with van der Waals surface area (Å²) in [6.07, 6.45) is 0. The summed E-state index contributed by atoms with van der Waals surface area (Å²) in [4.78, 5) is 30.8. The Labute approximate surface area is 162 Å². The Balaban J connectivity index is 1.48. The monoisotopic (exact) mass is 373 g/mol. The lowest BCUT2D eigenvalue weighted by molar-refractivity contribution is -0.116. The molecule has 28 heavy (non-hydrogen) atoms. The molecule has 0 bridgehead atoms. The van der Waals surface area contributed by atoms with Crippen LogP contribution in [-0.4, -0.2) is 28.2 Å². The summed E-state index contributed by atoms with van der Waals surface area (Å²) in [6, 6.07) is 14.5. The van der Waals surface area contributed by atoms with Crippen molar-refractivity contribution in [2.24, 2.45) is 0 Å². The molecule has 1 N–H and O–H groups in total. The molecule has 0 fully saturated rings. The Bertz CT molecular complexity index is 1060. The summed E-state index contributed by atoms with van der Waals surface area (Å²) in [6.45, 7) is 7.59. The number of oxazole rings is 1. The third-order valence-corrected chi connectivity index (χ3v) is 4.76. The highest BCUT2D eigenvalue weighted by molar-refractivity contribution is 6.11. The van der Waals surface area contributed by atoms with Crippen LogP contribution in [-0.2, 0) is 4.79 Å². The molecule has 1 aliphatic rings. The molecule has 1 aliphatic heterocycles. The van der Waals surface area contributed by atoms with Crippen molar-refractivity contribution in [3.8, 4) is 11.5 Å². The number of aromatic nitrogens is 1. The van der Waals surface area contributed by atoms with Crippen LogP contribution in [0.15, 0.2) is 59.5 Å². The van der Waals surface area contributed by atoms with Crippen LogP contribution in [0.3, 0.4) is 0 Å². The van der Waals surface area contributed by atoms with Crippen LogP contribution in [0.4, 0.5) is 5.69 Å². The molecule has 2 aromatic carbocycles. The van der Waals surface area contributed by atoms with Gasteiger partial charge in [0.1, 0.15) is 12.3 Å². The van der Waals surface area contributed by atoms with Crippen molar-refractivity contribution in [3.05, 3.63) is 77.7 Å². The Morgan fingerprint density at radius 3 is 2.57 bits per heavy atom. The Morgan fingerprint density at radius 1 is 1.14 bits per heavy atom. The number of rotatable bonds is 4. The molecule has 3 aromatic rings. The first kappa shape index (κ1) is 17.7. The van der Waals surface area contributed by atoms with Crippen molar-refractivity contribution in [3.63, 3.8) is 0 Å². The Kier molecular flexibility index (Phi) is 4.31. The van der Waals surface area contributed by atoms with Crippen LogP contribution in [0.25, 0.3) is 17.2 Å². The number of carbonyl (C=O) groups is 2. The summed E-state index contributed by atoms with van der Waals surface area (Å²) in [5.41, 5.74) is 4.06. The second kappa shape index (κ2) is 6.81. The van der Waals surface area contributed by atoms with E-state index in [1.54, 1.807) is 24.3 Å². The van der Waals surface area contributed by atoms with Gasteiger partial charge in [-0.25, -0.2) is 4.98 Å². The van der Waals surface area contributed by atoms with Gasteiger partial charge in [0.25, 0.3) is 5.91 Å². The third-order valence-electron chi connectivity index (χ3n) is 4.76. The highest BCUT2D eigenvalue weighted by Gasteiger charge is 2.31. The first-order valence-electron chi connectivity index (χ1n) is 8.88. The van der Waals surface area contributed by atoms with Crippen LogP contribution >= 0.6 is 0 Å². The van der Waals surface area contributed by atoms with E-state index in [1.807, 2.05) is 38.1 Å². The van der Waals surface area contributed by atoms with Gasteiger partial charge in [-0.1, -0.05) is 30.8 Å². The topological polar surface area (TPSA) is 75.4 Å². The summed E-state index contributed by atoms with van der Waals surface area (Å²) < 4.78 is 5.64. The van der Waals surface area contributed by atoms with Crippen LogP contribution in [0, 0.1) is 13.8 Å². The Morgan fingerprint density at radius 2 is 1.89 bits per heavy atom. The fourth-order valence-corrected chi connectivity index (χ4v) is 3.17. The summed E-state index contributed by atoms with van der Waals surface area (Å²) in [5, 5.41) is 2.82. The average Bonchev–Trinajstić information content (AvgIpc) is 3.14. The number of fused-ring (bicyclic) bond motifs is 1. The molecule has 2 heterocycles. The minimum atomic E-state index is -0.306. The lowest BCUT2D eigenvalue weighted by atomic mass is 10.1. The molecule has 0 spiro atoms. The van der Waals surface area contributed by atoms with E-state index in [1.165, 1.54) is 4.90 Å². The average molecular weight is 373 g/mol. The molecule has 140 valence electrons. The van der Waals surface area contributed by atoms with Gasteiger partial charge in [0, 0.05) is 28.1 Å². The first-order chi connectivity index (χ1) is 13.4. The molecule has 0 saturated heterocycles. The SMILES string of the molecule is C=C1c2ccccc2C(=O)N1CC(=O)Nc1cccc(-c2nc(C)c(C)o2)c1. The molecule has 2 amide bonds. The van der Waals surface area contributed by atoms with Crippen molar-refractivity contribution < 1.29 is 14.0 Å². The molecule has 0 atom stereocenters. The lowest BCUT2D eigenvalue weighted by Crippen LogP contribution is -2.32. The summed E-state index contributed by atoms with van der Waals surface area (Å²) in [7, 11) is 0. The number of nitrogens with zero attached hydrogens (tertiary/aromatic N) is 2. The van der Waals surface area contributed by atoms with Crippen LogP contribution in [0.2, 0.25) is 0 Å². The van der Waals surface area contributed by atoms with Crippen molar-refractivity contribution >= 4 is 23.2 Å². The van der Waals surface area contributed by atoms with E-state index in [0.717, 1.165) is 22.6 Å². The fourth-order valence-electron chi connectivity index (χ4n) is 3.17. The Hall–Kier alpha value is -3.67. The predicted molar refractivity (Wildman–Crippen MR) is 107 cm³/mol. The van der Waals surface area contributed by atoms with E-state index in [4.69, 9.17) is 4.42 Å². The number of anilines is 1. The van der Waals surface area contributed by atoms with Gasteiger partial charge in [-0.15, -0.1) is 0 Å². The van der Waals surface area contributed by atoms with Gasteiger partial charge >= 0.3 is 0 Å². The molecular formula is C22H19N3O3. The highest BCUT2D eigenvalue weighted by Crippen LogP contribution is 2.31. The maximum atomic E-state index is 12.5. The van der Waals surface area contributed by atoms with Crippen molar-refractivity contribution in [1.82, 2.24) is 9.88 Å². The van der Waals surface area contributed by atoms with Crippen LogP contribution < -0.4 is 5.32 Å². The molecule has 0 unspecified atom stereocenters. The molecule has 1 aromatic heterocycles. The third kappa shape index (κ3) is 3.09. The van der Waals surface area contributed by atoms with Gasteiger partial charge in [-0.3, -0.25) is 14.5 Å². The molecule has 6 heteroatoms. The quantitative estimate of drug-likeness (QED) is 0.749. The normalized spacial score (nSPS) is 13.0. The highest BCUT2D eigenvalue weighted by atomic mass is 16.4. The van der Waals surface area contributed by atoms with Crippen molar-refractivity contribution in [1.29, 1.82) is 0 Å². The van der Waals surface area contributed by atoms with Crippen LogP contribution in [0.5, 0.6) is 0 Å². The molecule has 0 aliphatic carbocycles. The predicted octanol–water partition coefficient (Wildman–Crippen LogP) is 4.02. The first-order valence-corrected chi connectivity index (χ1v) is 8.88. The number of hydrogen-bond donors (Lipinski definition) is 1. The van der Waals surface area contributed by atoms with E-state index in [0.29, 0.717) is 22.8 Å². The fraction of sp³-hybridized carbons (Fsp3) is 0.136. The molecule has 4 rings (SSSR count). The largest absolute Gasteiger partial charge is 0.441 e. The van der Waals surface area contributed by atoms with Crippen molar-refractivity contribution in [2.75, 3.05) is 11.9 Å². The van der Waals surface area contributed by atoms with Gasteiger partial charge in [-0.2, -0.15) is 0 Å². The zero-order valence-electron chi connectivity index (χ0n) is 15.7. The van der Waals surface area contributed by atoms with Gasteiger partial charge < -0.3 is 9.73 Å². The smallest absolute Gasteiger partial charge is 0.259 e. The van der Waals surface area contributed by atoms with E-state index < -0.39 is 0 Å². The minimum Gasteiger partial charge on any atom is -0.441 e. The number of amides is 2. The standard InChI is InChI=1S/C22H19N3O3/c1-13-15(3)28-21(23-13)16-7-6-8-17(11-16)24-20(26)12-25-14(2)18-9-4-5-10-19(18)22(25)27/h4-11H,2,12H2,1,3H3,(H,24,26). The maximum Gasteiger partial charge on any atom is 0.259 e. The van der Waals surface area contributed by atoms with Crippen LogP contribution in [0.1, 0.15) is 27.4 Å². The molecule has 6 nitrogen and oxygen atoms in total. The number of aryl methyl sites for hydroxylation is 2. The van der Waals surface area contributed by atoms with E-state index in [-0.39, 0.29) is 18.4 Å². The lowest BCUT2D eigenvalue weighted by Gasteiger charge is -2.17. The van der Waals surface area contributed by atoms with E-state index in [2.05, 4.69) is 16.9 Å². The number of hydrogen-bond acceptors (Lipinski definition) is 4. The minimum absolute atomic E-state index is 0.103. The van der Waals surface area contributed by atoms with Gasteiger partial charge in [0.05, 0.1) is 5.69 Å². The summed E-state index contributed by atoms with van der Waals surface area (Å²) >= 11 is 0. The van der Waals surface area contributed by atoms with Gasteiger partial charge in [0.15, 0.2) is 0 Å². The summed E-state index contributed by atoms with van der Waals surface area (Å²) in [5.74, 6) is 0.745. The molecular weight excluding hydrogens is 354 g/mol. The number of nitrogens with one attached hydrogen (secondary N) is 1. The zero-order valence-corrected chi connectivity index (χ0v) is 15.7. The van der Waals surface area contributed by atoms with Gasteiger partial charge in [0.2, 0.25) is 11.8 Å². The number of benzene rings is 2. The van der Waals surface area contributed by atoms with E-state index in [9.17, 15) is 9.59 Å². The second-order valence-corrected chi connectivity index (χ2v) is 6.67. The molecule has 0 saturated carbocycles. The zero-order chi connectivity index (χ0) is 19.8. The van der Waals surface area contributed by atoms with Crippen molar-refractivity contribution in [2.45, 2.75) is 13.8 Å². The maximum absolute atomic E-state index is 12.5. The molecule has 0 radical (unpaired) electrons.